The van der Waals surface area contributed by atoms with Crippen molar-refractivity contribution < 1.29 is 19.1 Å². The number of hydrogen-bond acceptors (Lipinski definition) is 6. The van der Waals surface area contributed by atoms with Crippen molar-refractivity contribution in [2.45, 2.75) is 39.7 Å². The number of hydrazone groups is 1. The van der Waals surface area contributed by atoms with Crippen molar-refractivity contribution >= 4 is 46.9 Å². The number of nitrogens with zero attached hydrogens (tertiary/aromatic N) is 2. The first-order chi connectivity index (χ1) is 13.2. The van der Waals surface area contributed by atoms with Crippen LogP contribution in [0.4, 0.5) is 0 Å². The first kappa shape index (κ1) is 25.5. The highest BCUT2D eigenvalue weighted by Gasteiger charge is 2.34. The lowest BCUT2D eigenvalue weighted by Gasteiger charge is -2.29. The van der Waals surface area contributed by atoms with Gasteiger partial charge in [-0.25, -0.2) is 5.43 Å². The quantitative estimate of drug-likeness (QED) is 0.365. The molecule has 0 aromatic carbocycles. The van der Waals surface area contributed by atoms with Crippen molar-refractivity contribution in [2.75, 3.05) is 32.6 Å². The van der Waals surface area contributed by atoms with Gasteiger partial charge in [0.25, 0.3) is 0 Å². The Morgan fingerprint density at radius 2 is 1.93 bits per heavy atom. The van der Waals surface area contributed by atoms with Gasteiger partial charge in [-0.1, -0.05) is 38.6 Å². The number of amidine groups is 1. The molecule has 0 radical (unpaired) electrons. The minimum Gasteiger partial charge on any atom is -0.381 e. The summed E-state index contributed by atoms with van der Waals surface area (Å²) in [5.41, 5.74) is 2.18. The number of halogens is 1. The van der Waals surface area contributed by atoms with Crippen LogP contribution in [-0.2, 0) is 19.1 Å². The molecule has 164 valence electrons. The van der Waals surface area contributed by atoms with Crippen LogP contribution in [0.3, 0.4) is 0 Å². The fourth-order valence-corrected chi connectivity index (χ4v) is 3.84. The zero-order chi connectivity index (χ0) is 20.7. The summed E-state index contributed by atoms with van der Waals surface area (Å²) in [5, 5.41) is 7.42. The van der Waals surface area contributed by atoms with Crippen molar-refractivity contribution in [3.05, 3.63) is 12.2 Å². The Morgan fingerprint density at radius 1 is 1.28 bits per heavy atom. The van der Waals surface area contributed by atoms with E-state index >= 15 is 0 Å². The molecule has 1 atom stereocenters. The molecule has 29 heavy (non-hydrogen) atoms. The fraction of sp³-hybridized carbons (Fsp3) is 0.684. The van der Waals surface area contributed by atoms with Crippen molar-refractivity contribution in [3.8, 4) is 0 Å². The van der Waals surface area contributed by atoms with Crippen LogP contribution in [0.15, 0.2) is 17.3 Å². The Bertz CT molecular complexity index is 657. The maximum absolute atomic E-state index is 12.8. The van der Waals surface area contributed by atoms with E-state index in [-0.39, 0.29) is 29.6 Å². The van der Waals surface area contributed by atoms with Crippen molar-refractivity contribution in [3.63, 3.8) is 0 Å². The fourth-order valence-electron chi connectivity index (χ4n) is 2.87. The second-order valence-electron chi connectivity index (χ2n) is 8.10. The molecule has 1 unspecified atom stereocenters. The Balaban J connectivity index is 0.00000420. The van der Waals surface area contributed by atoms with E-state index in [0.717, 1.165) is 12.3 Å². The minimum absolute atomic E-state index is 0. The van der Waals surface area contributed by atoms with E-state index < -0.39 is 17.7 Å². The van der Waals surface area contributed by atoms with Gasteiger partial charge in [0.05, 0.1) is 0 Å². The number of carbonyl (C=O) groups is 3. The lowest BCUT2D eigenvalue weighted by molar-refractivity contribution is -0.141. The maximum Gasteiger partial charge on any atom is 0.309 e. The van der Waals surface area contributed by atoms with E-state index in [9.17, 15) is 14.4 Å². The molecule has 2 N–H and O–H groups in total. The molecule has 8 nitrogen and oxygen atoms in total. The number of allylic oxidation sites excluding steroid dienone is 1. The van der Waals surface area contributed by atoms with Gasteiger partial charge in [-0.2, -0.15) is 0 Å². The summed E-state index contributed by atoms with van der Waals surface area (Å²) < 4.78 is 5.35. The molecule has 2 fully saturated rings. The van der Waals surface area contributed by atoms with Crippen LogP contribution in [-0.4, -0.2) is 66.3 Å². The number of rotatable bonds is 6. The third-order valence-electron chi connectivity index (χ3n) is 4.51. The molecular weight excluding hydrogens is 416 g/mol. The van der Waals surface area contributed by atoms with E-state index in [1.165, 1.54) is 17.8 Å². The second-order valence-corrected chi connectivity index (χ2v) is 9.17. The summed E-state index contributed by atoms with van der Waals surface area (Å²) in [6.07, 6.45) is 4.41. The largest absolute Gasteiger partial charge is 0.381 e. The number of ether oxygens (including phenoxy) is 1. The molecule has 2 amide bonds. The van der Waals surface area contributed by atoms with E-state index in [2.05, 4.69) is 15.8 Å². The topological polar surface area (TPSA) is 100 Å². The molecule has 0 aromatic rings. The molecule has 2 saturated heterocycles. The number of nitrogens with one attached hydrogen (secondary N) is 2. The van der Waals surface area contributed by atoms with E-state index in [1.807, 2.05) is 32.7 Å². The van der Waals surface area contributed by atoms with E-state index in [1.54, 1.807) is 6.08 Å². The Kier molecular flexibility index (Phi) is 10.2. The number of Topliss-reactive ketones (excluding diaryl/α,β-unsaturated/α-hetero) is 1. The average Bonchev–Trinajstić information content (AvgIpc) is 3.07. The second kappa shape index (κ2) is 11.6. The zero-order valence-electron chi connectivity index (χ0n) is 17.4. The number of carbonyl (C=O) groups excluding carboxylic acids is 3. The molecule has 0 aliphatic carbocycles. The molecule has 0 spiro atoms. The van der Waals surface area contributed by atoms with Gasteiger partial charge in [-0.05, 0) is 30.3 Å². The number of ketones is 1. The first-order valence-electron chi connectivity index (χ1n) is 9.50. The standard InChI is InChI=1S/C19H30N4O4S.ClH/c1-19(2,3)8-5-14(24)20-15(13-6-10-27-11-7-13)16(25)17(26)21-22-18-23(4)9-12-28-18;/h5,8,13,15H,6-7,9-12H2,1-4H3,(H,20,24)(H,21,26);1H. The molecule has 2 rings (SSSR count). The zero-order valence-corrected chi connectivity index (χ0v) is 19.0. The predicted octanol–water partition coefficient (Wildman–Crippen LogP) is 1.56. The highest BCUT2D eigenvalue weighted by molar-refractivity contribution is 8.14. The summed E-state index contributed by atoms with van der Waals surface area (Å²) in [5.74, 6) is -1.13. The molecule has 2 heterocycles. The van der Waals surface area contributed by atoms with Gasteiger partial charge >= 0.3 is 5.91 Å². The smallest absolute Gasteiger partial charge is 0.309 e. The molecule has 2 aliphatic rings. The Morgan fingerprint density at radius 3 is 2.48 bits per heavy atom. The van der Waals surface area contributed by atoms with Gasteiger partial charge in [-0.3, -0.25) is 14.4 Å². The Hall–Kier alpha value is -1.58. The minimum atomic E-state index is -0.893. The third-order valence-corrected chi connectivity index (χ3v) is 5.56. The van der Waals surface area contributed by atoms with Crippen LogP contribution >= 0.6 is 24.2 Å². The molecule has 0 saturated carbocycles. The van der Waals surface area contributed by atoms with Gasteiger partial charge in [-0.15, -0.1) is 17.5 Å². The summed E-state index contributed by atoms with van der Waals surface area (Å²) in [6.45, 7) is 7.78. The van der Waals surface area contributed by atoms with Crippen molar-refractivity contribution in [1.29, 1.82) is 0 Å². The van der Waals surface area contributed by atoms with E-state index in [4.69, 9.17) is 4.74 Å². The van der Waals surface area contributed by atoms with Crippen LogP contribution < -0.4 is 10.7 Å². The summed E-state index contributed by atoms with van der Waals surface area (Å²) in [6, 6.07) is -0.893. The normalized spacial score (nSPS) is 20.4. The molecule has 2 aliphatic heterocycles. The van der Waals surface area contributed by atoms with E-state index in [0.29, 0.717) is 31.2 Å². The van der Waals surface area contributed by atoms with Gasteiger partial charge in [0, 0.05) is 32.6 Å². The maximum atomic E-state index is 12.8. The number of thioether (sulfide) groups is 1. The van der Waals surface area contributed by atoms with Crippen LogP contribution in [0.2, 0.25) is 0 Å². The molecule has 0 bridgehead atoms. The number of hydrogen-bond donors (Lipinski definition) is 2. The van der Waals surface area contributed by atoms with Crippen LogP contribution in [0.5, 0.6) is 0 Å². The van der Waals surface area contributed by atoms with Gasteiger partial charge in [0.1, 0.15) is 6.04 Å². The highest BCUT2D eigenvalue weighted by atomic mass is 35.5. The third kappa shape index (κ3) is 8.36. The highest BCUT2D eigenvalue weighted by Crippen LogP contribution is 2.20. The Labute approximate surface area is 182 Å². The predicted molar refractivity (Wildman–Crippen MR) is 117 cm³/mol. The first-order valence-corrected chi connectivity index (χ1v) is 10.5. The lowest BCUT2D eigenvalue weighted by atomic mass is 9.88. The van der Waals surface area contributed by atoms with Crippen LogP contribution in [0.1, 0.15) is 33.6 Å². The SMILES string of the molecule is CN1CCSC1=NNC(=O)C(=O)C(NC(=O)C=CC(C)(C)C)C1CCOCC1.Cl. The van der Waals surface area contributed by atoms with Crippen LogP contribution in [0.25, 0.3) is 0 Å². The molecular formula is C19H31ClN4O4S. The van der Waals surface area contributed by atoms with Crippen molar-refractivity contribution in [1.82, 2.24) is 15.6 Å². The molecule has 10 heteroatoms. The average molecular weight is 447 g/mol. The lowest BCUT2D eigenvalue weighted by Crippen LogP contribution is -2.51. The number of amides is 2. The monoisotopic (exact) mass is 446 g/mol. The van der Waals surface area contributed by atoms with Gasteiger partial charge in [0.15, 0.2) is 5.17 Å². The van der Waals surface area contributed by atoms with Crippen molar-refractivity contribution in [2.24, 2.45) is 16.4 Å². The molecule has 0 aromatic heterocycles. The van der Waals surface area contributed by atoms with Gasteiger partial charge in [0.2, 0.25) is 11.7 Å². The van der Waals surface area contributed by atoms with Crippen LogP contribution in [0, 0.1) is 11.3 Å². The summed E-state index contributed by atoms with van der Waals surface area (Å²) in [7, 11) is 1.87. The van der Waals surface area contributed by atoms with Gasteiger partial charge < -0.3 is 15.0 Å². The summed E-state index contributed by atoms with van der Waals surface area (Å²) >= 11 is 1.51. The summed E-state index contributed by atoms with van der Waals surface area (Å²) in [4.78, 5) is 39.4.